The Balaban J connectivity index is 0.00000363. The molecule has 0 radical (unpaired) electrons. The predicted molar refractivity (Wildman–Crippen MR) is 141 cm³/mol. The fourth-order valence-electron chi connectivity index (χ4n) is 3.93. The van der Waals surface area contributed by atoms with Crippen molar-refractivity contribution < 1.29 is 9.53 Å². The molecule has 1 aliphatic heterocycles. The van der Waals surface area contributed by atoms with E-state index in [4.69, 9.17) is 4.74 Å². The molecule has 7 heteroatoms. The third-order valence-corrected chi connectivity index (χ3v) is 5.45. The summed E-state index contributed by atoms with van der Waals surface area (Å²) >= 11 is 0. The molecule has 6 nitrogen and oxygen atoms in total. The maximum absolute atomic E-state index is 12.3. The Morgan fingerprint density at radius 3 is 2.53 bits per heavy atom. The third kappa shape index (κ3) is 8.33. The Morgan fingerprint density at radius 1 is 1.12 bits per heavy atom. The topological polar surface area (TPSA) is 66.0 Å². The summed E-state index contributed by atoms with van der Waals surface area (Å²) in [6.45, 7) is 7.65. The molecule has 174 valence electrons. The average molecular weight is 550 g/mol. The van der Waals surface area contributed by atoms with Crippen molar-refractivity contribution in [1.82, 2.24) is 15.5 Å². The van der Waals surface area contributed by atoms with Crippen LogP contribution in [0.3, 0.4) is 0 Å². The van der Waals surface area contributed by atoms with Crippen molar-refractivity contribution in [1.29, 1.82) is 0 Å². The van der Waals surface area contributed by atoms with Gasteiger partial charge in [-0.2, -0.15) is 0 Å². The summed E-state index contributed by atoms with van der Waals surface area (Å²) in [4.78, 5) is 18.6. The fourth-order valence-corrected chi connectivity index (χ4v) is 3.93. The van der Waals surface area contributed by atoms with Gasteiger partial charge in [0.1, 0.15) is 12.4 Å². The number of rotatable bonds is 9. The SMILES string of the molecule is CN=C(NCCOc1cc(C)cc(C)c1)NCC1CC(=O)N(CCc2ccccc2)C1.I. The lowest BCUT2D eigenvalue weighted by molar-refractivity contribution is -0.127. The number of benzene rings is 2. The zero-order valence-electron chi connectivity index (χ0n) is 19.3. The number of halogens is 1. The van der Waals surface area contributed by atoms with Crippen molar-refractivity contribution >= 4 is 35.8 Å². The highest BCUT2D eigenvalue weighted by atomic mass is 127. The summed E-state index contributed by atoms with van der Waals surface area (Å²) in [5.41, 5.74) is 3.67. The van der Waals surface area contributed by atoms with Crippen molar-refractivity contribution in [2.24, 2.45) is 10.9 Å². The fraction of sp³-hybridized carbons (Fsp3) is 0.440. The highest BCUT2D eigenvalue weighted by Crippen LogP contribution is 2.18. The lowest BCUT2D eigenvalue weighted by atomic mass is 10.1. The van der Waals surface area contributed by atoms with Gasteiger partial charge in [-0.05, 0) is 49.1 Å². The van der Waals surface area contributed by atoms with Crippen LogP contribution in [-0.2, 0) is 11.2 Å². The number of carbonyl (C=O) groups is 1. The molecule has 2 aromatic carbocycles. The van der Waals surface area contributed by atoms with Crippen LogP contribution in [0.5, 0.6) is 5.75 Å². The molecule has 1 amide bonds. The zero-order chi connectivity index (χ0) is 22.1. The first-order chi connectivity index (χ1) is 15.0. The van der Waals surface area contributed by atoms with Gasteiger partial charge in [-0.3, -0.25) is 9.79 Å². The third-order valence-electron chi connectivity index (χ3n) is 5.45. The van der Waals surface area contributed by atoms with Crippen LogP contribution < -0.4 is 15.4 Å². The van der Waals surface area contributed by atoms with Gasteiger partial charge in [-0.25, -0.2) is 0 Å². The highest BCUT2D eigenvalue weighted by Gasteiger charge is 2.29. The van der Waals surface area contributed by atoms with Crippen molar-refractivity contribution in [3.63, 3.8) is 0 Å². The number of aryl methyl sites for hydroxylation is 2. The molecule has 32 heavy (non-hydrogen) atoms. The van der Waals surface area contributed by atoms with Crippen LogP contribution >= 0.6 is 24.0 Å². The van der Waals surface area contributed by atoms with Gasteiger partial charge in [0.05, 0.1) is 6.54 Å². The Bertz CT molecular complexity index is 869. The van der Waals surface area contributed by atoms with Gasteiger partial charge in [-0.15, -0.1) is 24.0 Å². The van der Waals surface area contributed by atoms with Crippen LogP contribution in [-0.4, -0.2) is 56.6 Å². The summed E-state index contributed by atoms with van der Waals surface area (Å²) in [7, 11) is 1.76. The quantitative estimate of drug-likeness (QED) is 0.217. The lowest BCUT2D eigenvalue weighted by Crippen LogP contribution is -2.41. The number of guanidine groups is 1. The normalized spacial score (nSPS) is 16.0. The monoisotopic (exact) mass is 550 g/mol. The second-order valence-corrected chi connectivity index (χ2v) is 8.20. The lowest BCUT2D eigenvalue weighted by Gasteiger charge is -2.18. The van der Waals surface area contributed by atoms with Crippen LogP contribution in [0, 0.1) is 19.8 Å². The predicted octanol–water partition coefficient (Wildman–Crippen LogP) is 3.56. The van der Waals surface area contributed by atoms with Gasteiger partial charge >= 0.3 is 0 Å². The number of nitrogens with zero attached hydrogens (tertiary/aromatic N) is 2. The van der Waals surface area contributed by atoms with E-state index in [1.807, 2.05) is 35.2 Å². The van der Waals surface area contributed by atoms with Gasteiger partial charge in [0.2, 0.25) is 5.91 Å². The number of likely N-dealkylation sites (tertiary alicyclic amines) is 1. The van der Waals surface area contributed by atoms with E-state index in [0.717, 1.165) is 37.8 Å². The summed E-state index contributed by atoms with van der Waals surface area (Å²) < 4.78 is 5.84. The number of carbonyl (C=O) groups excluding carboxylic acids is 1. The molecule has 1 aliphatic rings. The molecule has 0 saturated carbocycles. The van der Waals surface area contributed by atoms with Crippen LogP contribution in [0.15, 0.2) is 53.5 Å². The Morgan fingerprint density at radius 2 is 1.84 bits per heavy atom. The number of amides is 1. The van der Waals surface area contributed by atoms with E-state index in [1.165, 1.54) is 16.7 Å². The Kier molecular flexibility index (Phi) is 10.8. The van der Waals surface area contributed by atoms with Gasteiger partial charge in [-0.1, -0.05) is 36.4 Å². The first kappa shape index (κ1) is 26.0. The molecule has 0 aliphatic carbocycles. The van der Waals surface area contributed by atoms with E-state index in [-0.39, 0.29) is 29.9 Å². The van der Waals surface area contributed by atoms with Crippen molar-refractivity contribution in [2.45, 2.75) is 26.7 Å². The largest absolute Gasteiger partial charge is 0.492 e. The second-order valence-electron chi connectivity index (χ2n) is 8.20. The number of ether oxygens (including phenoxy) is 1. The van der Waals surface area contributed by atoms with Crippen LogP contribution in [0.2, 0.25) is 0 Å². The van der Waals surface area contributed by atoms with Crippen LogP contribution in [0.25, 0.3) is 0 Å². The second kappa shape index (κ2) is 13.3. The summed E-state index contributed by atoms with van der Waals surface area (Å²) in [6, 6.07) is 16.5. The molecule has 1 atom stereocenters. The number of hydrogen-bond donors (Lipinski definition) is 2. The van der Waals surface area contributed by atoms with E-state index in [1.54, 1.807) is 7.05 Å². The minimum atomic E-state index is 0. The molecule has 2 aromatic rings. The molecule has 1 unspecified atom stereocenters. The molecule has 0 spiro atoms. The Labute approximate surface area is 208 Å². The van der Waals surface area contributed by atoms with Gasteiger partial charge < -0.3 is 20.3 Å². The van der Waals surface area contributed by atoms with Gasteiger partial charge in [0.25, 0.3) is 0 Å². The average Bonchev–Trinajstić information content (AvgIpc) is 3.11. The molecule has 0 aromatic heterocycles. The molecule has 0 bridgehead atoms. The maximum Gasteiger partial charge on any atom is 0.223 e. The van der Waals surface area contributed by atoms with Gasteiger partial charge in [0, 0.05) is 39.0 Å². The molecular formula is C25H35IN4O2. The summed E-state index contributed by atoms with van der Waals surface area (Å²) in [5, 5.41) is 6.62. The smallest absolute Gasteiger partial charge is 0.223 e. The van der Waals surface area contributed by atoms with Crippen LogP contribution in [0.4, 0.5) is 0 Å². The number of aliphatic imine (C=N–C) groups is 1. The standard InChI is InChI=1S/C25H34N4O2.HI/c1-19-13-20(2)15-23(14-19)31-12-10-27-25(26-3)28-17-22-16-24(30)29(18-22)11-9-21-7-5-4-6-8-21;/h4-8,13-15,22H,9-12,16-18H2,1-3H3,(H2,26,27,28);1H. The van der Waals surface area contributed by atoms with Crippen molar-refractivity contribution in [3.8, 4) is 5.75 Å². The van der Waals surface area contributed by atoms with E-state index >= 15 is 0 Å². The van der Waals surface area contributed by atoms with E-state index in [2.05, 4.69) is 47.7 Å². The molecule has 2 N–H and O–H groups in total. The van der Waals surface area contributed by atoms with Gasteiger partial charge in [0.15, 0.2) is 5.96 Å². The minimum Gasteiger partial charge on any atom is -0.492 e. The number of hydrogen-bond acceptors (Lipinski definition) is 3. The molecule has 1 heterocycles. The first-order valence-electron chi connectivity index (χ1n) is 11.0. The van der Waals surface area contributed by atoms with Crippen molar-refractivity contribution in [3.05, 3.63) is 65.2 Å². The Hall–Kier alpha value is -2.29. The van der Waals surface area contributed by atoms with E-state index in [9.17, 15) is 4.79 Å². The zero-order valence-corrected chi connectivity index (χ0v) is 21.6. The molecular weight excluding hydrogens is 515 g/mol. The summed E-state index contributed by atoms with van der Waals surface area (Å²) in [5.74, 6) is 2.17. The molecule has 3 rings (SSSR count). The van der Waals surface area contributed by atoms with Crippen LogP contribution in [0.1, 0.15) is 23.1 Å². The minimum absolute atomic E-state index is 0. The van der Waals surface area contributed by atoms with Crippen molar-refractivity contribution in [2.75, 3.05) is 39.8 Å². The van der Waals surface area contributed by atoms with E-state index in [0.29, 0.717) is 25.5 Å². The first-order valence-corrected chi connectivity index (χ1v) is 11.0. The van der Waals surface area contributed by atoms with E-state index < -0.39 is 0 Å². The number of nitrogens with one attached hydrogen (secondary N) is 2. The molecule has 1 fully saturated rings. The highest BCUT2D eigenvalue weighted by molar-refractivity contribution is 14.0. The molecule has 1 saturated heterocycles. The summed E-state index contributed by atoms with van der Waals surface area (Å²) in [6.07, 6.45) is 1.49. The maximum atomic E-state index is 12.3.